The molecule has 1 aliphatic heterocycles. The highest BCUT2D eigenvalue weighted by molar-refractivity contribution is 6.32. The Bertz CT molecular complexity index is 1270. The van der Waals surface area contributed by atoms with Crippen molar-refractivity contribution in [1.82, 2.24) is 4.90 Å². The Kier molecular flexibility index (Phi) is 12.5. The van der Waals surface area contributed by atoms with Crippen molar-refractivity contribution >= 4 is 23.4 Å². The number of benzene rings is 3. The first-order chi connectivity index (χ1) is 20.5. The Labute approximate surface area is 254 Å². The van der Waals surface area contributed by atoms with E-state index in [0.717, 1.165) is 57.4 Å². The number of likely N-dealkylation sites (tertiary alicyclic amines) is 1. The number of nitrogens with two attached hydrogens (primary N) is 1. The third-order valence-corrected chi connectivity index (χ3v) is 8.30. The summed E-state index contributed by atoms with van der Waals surface area (Å²) in [4.78, 5) is 16.4. The van der Waals surface area contributed by atoms with Gasteiger partial charge in [0, 0.05) is 24.7 Å². The number of amides is 1. The van der Waals surface area contributed by atoms with E-state index in [-0.39, 0.29) is 6.04 Å². The number of rotatable bonds is 15. The fraction of sp³-hybridized carbons (Fsp3) is 0.441. The van der Waals surface area contributed by atoms with Crippen LogP contribution in [0.15, 0.2) is 66.7 Å². The molecule has 1 fully saturated rings. The molecule has 0 spiro atoms. The van der Waals surface area contributed by atoms with Gasteiger partial charge in [-0.05, 0) is 80.2 Å². The first kappa shape index (κ1) is 31.8. The molecule has 1 heterocycles. The van der Waals surface area contributed by atoms with Crippen LogP contribution >= 0.6 is 11.6 Å². The summed E-state index contributed by atoms with van der Waals surface area (Å²) in [5, 5.41) is 10.7. The molecule has 42 heavy (non-hydrogen) atoms. The number of halogens is 2. The average molecular weight is 596 g/mol. The third kappa shape index (κ3) is 9.18. The van der Waals surface area contributed by atoms with Gasteiger partial charge in [-0.25, -0.2) is 9.18 Å². The molecule has 0 aliphatic carbocycles. The summed E-state index contributed by atoms with van der Waals surface area (Å²) in [6, 6.07) is 19.1. The van der Waals surface area contributed by atoms with Gasteiger partial charge in [0.05, 0.1) is 10.7 Å². The molecule has 6 nitrogen and oxygen atoms in total. The van der Waals surface area contributed by atoms with Gasteiger partial charge in [-0.3, -0.25) is 4.90 Å². The molecule has 3 N–H and O–H groups in total. The zero-order valence-electron chi connectivity index (χ0n) is 24.3. The second kappa shape index (κ2) is 16.5. The fourth-order valence-electron chi connectivity index (χ4n) is 5.69. The maximum absolute atomic E-state index is 14.5. The van der Waals surface area contributed by atoms with E-state index in [4.69, 9.17) is 22.1 Å². The third-order valence-electron chi connectivity index (χ3n) is 8.00. The molecule has 3 aromatic carbocycles. The summed E-state index contributed by atoms with van der Waals surface area (Å²) in [6.07, 6.45) is 8.94. The van der Waals surface area contributed by atoms with Gasteiger partial charge in [-0.1, -0.05) is 80.1 Å². The molecule has 1 aliphatic rings. The van der Waals surface area contributed by atoms with E-state index < -0.39 is 11.9 Å². The molecule has 4 rings (SSSR count). The molecular formula is C34H43ClFN3O3. The predicted molar refractivity (Wildman–Crippen MR) is 169 cm³/mol. The summed E-state index contributed by atoms with van der Waals surface area (Å²) in [5.74, 6) is 0.0742. The number of piperidine rings is 1. The largest absolute Gasteiger partial charge is 0.487 e. The van der Waals surface area contributed by atoms with Crippen molar-refractivity contribution in [2.75, 3.05) is 31.1 Å². The summed E-state index contributed by atoms with van der Waals surface area (Å²) in [5.41, 5.74) is 8.16. The minimum Gasteiger partial charge on any atom is -0.487 e. The van der Waals surface area contributed by atoms with E-state index in [2.05, 4.69) is 4.90 Å². The Morgan fingerprint density at radius 1 is 0.952 bits per heavy atom. The van der Waals surface area contributed by atoms with Crippen LogP contribution in [0.3, 0.4) is 0 Å². The number of ether oxygens (including phenoxy) is 1. The molecule has 8 heteroatoms. The van der Waals surface area contributed by atoms with Crippen LogP contribution in [0.4, 0.5) is 14.9 Å². The van der Waals surface area contributed by atoms with Gasteiger partial charge in [0.1, 0.15) is 18.2 Å². The lowest BCUT2D eigenvalue weighted by molar-refractivity contribution is 0.180. The number of hydrogen-bond donors (Lipinski definition) is 2. The molecule has 0 atom stereocenters. The zero-order chi connectivity index (χ0) is 29.7. The maximum Gasteiger partial charge on any atom is 0.412 e. The highest BCUT2D eigenvalue weighted by Gasteiger charge is 2.31. The molecule has 0 radical (unpaired) electrons. The van der Waals surface area contributed by atoms with E-state index in [1.165, 1.54) is 49.1 Å². The minimum atomic E-state index is -1.04. The van der Waals surface area contributed by atoms with E-state index in [1.54, 1.807) is 24.3 Å². The van der Waals surface area contributed by atoms with Crippen LogP contribution in [0, 0.1) is 5.82 Å². The number of nitrogens with zero attached hydrogens (tertiary/aromatic N) is 2. The normalized spacial score (nSPS) is 14.2. The lowest BCUT2D eigenvalue weighted by Gasteiger charge is -2.38. The summed E-state index contributed by atoms with van der Waals surface area (Å²) < 4.78 is 20.4. The Morgan fingerprint density at radius 2 is 1.64 bits per heavy atom. The Balaban J connectivity index is 1.39. The van der Waals surface area contributed by atoms with E-state index in [1.807, 2.05) is 30.3 Å². The molecule has 3 aromatic rings. The van der Waals surface area contributed by atoms with Gasteiger partial charge in [0.25, 0.3) is 0 Å². The maximum atomic E-state index is 14.5. The number of carboxylic acid groups (broad SMARTS) is 1. The van der Waals surface area contributed by atoms with E-state index in [0.29, 0.717) is 34.2 Å². The van der Waals surface area contributed by atoms with Crippen molar-refractivity contribution < 1.29 is 19.0 Å². The summed E-state index contributed by atoms with van der Waals surface area (Å²) in [7, 11) is 0. The van der Waals surface area contributed by atoms with Gasteiger partial charge in [0.2, 0.25) is 0 Å². The second-order valence-corrected chi connectivity index (χ2v) is 11.5. The van der Waals surface area contributed by atoms with Gasteiger partial charge in [0.15, 0.2) is 0 Å². The highest BCUT2D eigenvalue weighted by Crippen LogP contribution is 2.38. The first-order valence-corrected chi connectivity index (χ1v) is 15.5. The molecule has 226 valence electrons. The summed E-state index contributed by atoms with van der Waals surface area (Å²) in [6.45, 7) is 3.89. The lowest BCUT2D eigenvalue weighted by Crippen LogP contribution is -2.47. The van der Waals surface area contributed by atoms with Crippen molar-refractivity contribution in [2.24, 2.45) is 5.73 Å². The number of carbonyl (C=O) groups is 1. The van der Waals surface area contributed by atoms with Gasteiger partial charge >= 0.3 is 6.09 Å². The standard InChI is InChI=1S/C34H43ClFN3O3/c35-31-23-27(13-16-33(31)42-25-26-11-7-6-8-12-26)30-24-28(36)14-15-32(30)39(34(40)41)29-17-21-38(22-18-29)20-10-5-3-1-2-4-9-19-37/h6-8,11-16,23-24,29H,1-5,9-10,17-22,25,37H2,(H,40,41). The van der Waals surface area contributed by atoms with Gasteiger partial charge in [-0.2, -0.15) is 0 Å². The lowest BCUT2D eigenvalue weighted by atomic mass is 9.98. The smallest absolute Gasteiger partial charge is 0.412 e. The number of anilines is 1. The molecule has 1 saturated heterocycles. The van der Waals surface area contributed by atoms with Crippen LogP contribution < -0.4 is 15.4 Å². The van der Waals surface area contributed by atoms with Crippen LogP contribution in [0.2, 0.25) is 5.02 Å². The molecule has 0 aromatic heterocycles. The van der Waals surface area contributed by atoms with E-state index >= 15 is 0 Å². The van der Waals surface area contributed by atoms with Gasteiger partial charge < -0.3 is 20.5 Å². The average Bonchev–Trinajstić information content (AvgIpc) is 3.00. The fourth-order valence-corrected chi connectivity index (χ4v) is 5.93. The van der Waals surface area contributed by atoms with Crippen molar-refractivity contribution in [3.8, 4) is 16.9 Å². The highest BCUT2D eigenvalue weighted by atomic mass is 35.5. The van der Waals surface area contributed by atoms with Crippen LogP contribution in [-0.2, 0) is 6.61 Å². The van der Waals surface area contributed by atoms with Crippen molar-refractivity contribution in [2.45, 2.75) is 70.4 Å². The number of hydrogen-bond acceptors (Lipinski definition) is 4. The van der Waals surface area contributed by atoms with Crippen molar-refractivity contribution in [3.63, 3.8) is 0 Å². The Hall–Kier alpha value is -3.13. The number of unbranched alkanes of at least 4 members (excludes halogenated alkanes) is 6. The molecule has 0 bridgehead atoms. The molecule has 0 saturated carbocycles. The second-order valence-electron chi connectivity index (χ2n) is 11.1. The topological polar surface area (TPSA) is 79.0 Å². The van der Waals surface area contributed by atoms with Crippen molar-refractivity contribution in [3.05, 3.63) is 83.1 Å². The van der Waals surface area contributed by atoms with Crippen LogP contribution in [0.1, 0.15) is 63.4 Å². The molecule has 1 amide bonds. The van der Waals surface area contributed by atoms with Crippen molar-refractivity contribution in [1.29, 1.82) is 0 Å². The predicted octanol–water partition coefficient (Wildman–Crippen LogP) is 8.36. The molecule has 0 unspecified atom stereocenters. The van der Waals surface area contributed by atoms with E-state index in [9.17, 15) is 14.3 Å². The first-order valence-electron chi connectivity index (χ1n) is 15.2. The zero-order valence-corrected chi connectivity index (χ0v) is 25.1. The minimum absolute atomic E-state index is 0.186. The van der Waals surface area contributed by atoms with Crippen LogP contribution in [0.25, 0.3) is 11.1 Å². The van der Waals surface area contributed by atoms with Gasteiger partial charge in [-0.15, -0.1) is 0 Å². The quantitative estimate of drug-likeness (QED) is 0.173. The molecular weight excluding hydrogens is 553 g/mol. The van der Waals surface area contributed by atoms with Crippen LogP contribution in [-0.4, -0.2) is 48.3 Å². The van der Waals surface area contributed by atoms with Crippen LogP contribution in [0.5, 0.6) is 5.75 Å². The summed E-state index contributed by atoms with van der Waals surface area (Å²) >= 11 is 6.58. The monoisotopic (exact) mass is 595 g/mol. The Morgan fingerprint density at radius 3 is 2.31 bits per heavy atom. The SMILES string of the molecule is NCCCCCCCCCN1CCC(N(C(=O)O)c2ccc(F)cc2-c2ccc(OCc3ccccc3)c(Cl)c2)CC1.